The van der Waals surface area contributed by atoms with E-state index >= 15 is 0 Å². The third kappa shape index (κ3) is 4.23. The molecule has 0 bridgehead atoms. The van der Waals surface area contributed by atoms with Gasteiger partial charge in [-0.05, 0) is 53.9 Å². The van der Waals surface area contributed by atoms with Gasteiger partial charge in [-0.15, -0.1) is 10.2 Å². The van der Waals surface area contributed by atoms with Gasteiger partial charge < -0.3 is 5.32 Å². The summed E-state index contributed by atoms with van der Waals surface area (Å²) >= 11 is 1.24. The highest BCUT2D eigenvalue weighted by atomic mass is 32.2. The summed E-state index contributed by atoms with van der Waals surface area (Å²) in [6, 6.07) is 23.8. The number of fused-ring (bicyclic) bond motifs is 3. The highest BCUT2D eigenvalue weighted by molar-refractivity contribution is 7.99. The Kier molecular flexibility index (Phi) is 6.27. The second-order valence-corrected chi connectivity index (χ2v) is 9.46. The Morgan fingerprint density at radius 2 is 1.75 bits per heavy atom. The maximum Gasteiger partial charge on any atom is 0.267 e. The summed E-state index contributed by atoms with van der Waals surface area (Å²) in [6.07, 6.45) is 0. The van der Waals surface area contributed by atoms with Gasteiger partial charge in [-0.2, -0.15) is 5.26 Å². The van der Waals surface area contributed by atoms with Crippen LogP contribution in [-0.4, -0.2) is 30.8 Å². The normalized spacial score (nSPS) is 11.2. The molecule has 0 aliphatic carbocycles. The predicted octanol–water partition coefficient (Wildman–Crippen LogP) is 4.76. The van der Waals surface area contributed by atoms with Gasteiger partial charge in [0.1, 0.15) is 0 Å². The van der Waals surface area contributed by atoms with Gasteiger partial charge >= 0.3 is 0 Å². The van der Waals surface area contributed by atoms with E-state index in [1.54, 1.807) is 34.9 Å². The summed E-state index contributed by atoms with van der Waals surface area (Å²) in [5.74, 6) is 0.463. The van der Waals surface area contributed by atoms with E-state index in [9.17, 15) is 9.59 Å². The number of aromatic nitrogens is 4. The first-order valence-corrected chi connectivity index (χ1v) is 12.4. The number of amides is 1. The number of nitrogens with one attached hydrogen (secondary N) is 1. The van der Waals surface area contributed by atoms with Gasteiger partial charge in [0, 0.05) is 5.69 Å². The lowest BCUT2D eigenvalue weighted by Crippen LogP contribution is -2.23. The Morgan fingerprint density at radius 1 is 1.03 bits per heavy atom. The van der Waals surface area contributed by atoms with E-state index < -0.39 is 0 Å². The van der Waals surface area contributed by atoms with E-state index in [2.05, 4.69) is 35.4 Å². The van der Waals surface area contributed by atoms with Gasteiger partial charge in [0.05, 0.1) is 34.0 Å². The molecule has 0 aliphatic heterocycles. The van der Waals surface area contributed by atoms with Gasteiger partial charge in [0.15, 0.2) is 5.16 Å². The van der Waals surface area contributed by atoms with E-state index in [0.29, 0.717) is 33.1 Å². The van der Waals surface area contributed by atoms with Gasteiger partial charge in [-0.25, -0.2) is 4.57 Å². The molecule has 36 heavy (non-hydrogen) atoms. The number of thioether (sulfide) groups is 1. The summed E-state index contributed by atoms with van der Waals surface area (Å²) < 4.78 is 3.43. The van der Waals surface area contributed by atoms with Crippen molar-refractivity contribution in [2.24, 2.45) is 0 Å². The second-order valence-electron chi connectivity index (χ2n) is 8.52. The van der Waals surface area contributed by atoms with Gasteiger partial charge in [-0.1, -0.05) is 55.9 Å². The number of nitrogens with zero attached hydrogens (tertiary/aromatic N) is 5. The zero-order chi connectivity index (χ0) is 25.2. The van der Waals surface area contributed by atoms with E-state index in [0.717, 1.165) is 11.3 Å². The maximum absolute atomic E-state index is 13.6. The van der Waals surface area contributed by atoms with Crippen molar-refractivity contribution in [1.29, 1.82) is 5.26 Å². The number of anilines is 1. The van der Waals surface area contributed by atoms with Crippen LogP contribution in [0, 0.1) is 11.3 Å². The number of benzene rings is 3. The molecular weight excluding hydrogens is 472 g/mol. The van der Waals surface area contributed by atoms with Crippen molar-refractivity contribution >= 4 is 40.0 Å². The molecule has 2 aromatic heterocycles. The number of hydrogen-bond donors (Lipinski definition) is 1. The number of rotatable bonds is 6. The van der Waals surface area contributed by atoms with Crippen LogP contribution in [0.2, 0.25) is 0 Å². The SMILES string of the molecule is CC(C)c1ccccc1-n1c(=O)c2ccccc2n2c(SCC(=O)Nc3ccc(C#N)cc3)nnc12. The fraction of sp³-hybridized carbons (Fsp3) is 0.148. The van der Waals surface area contributed by atoms with Crippen molar-refractivity contribution in [3.05, 3.63) is 94.3 Å². The fourth-order valence-electron chi connectivity index (χ4n) is 4.12. The van der Waals surface area contributed by atoms with Crippen LogP contribution in [-0.2, 0) is 4.79 Å². The molecule has 178 valence electrons. The lowest BCUT2D eigenvalue weighted by Gasteiger charge is -2.16. The molecule has 0 unspecified atom stereocenters. The lowest BCUT2D eigenvalue weighted by molar-refractivity contribution is -0.113. The highest BCUT2D eigenvalue weighted by Crippen LogP contribution is 2.27. The molecule has 3 aromatic carbocycles. The highest BCUT2D eigenvalue weighted by Gasteiger charge is 2.20. The molecule has 8 nitrogen and oxygen atoms in total. The predicted molar refractivity (Wildman–Crippen MR) is 141 cm³/mol. The summed E-state index contributed by atoms with van der Waals surface area (Å²) in [7, 11) is 0. The number of nitriles is 1. The molecular formula is C27H22N6O2S. The average molecular weight is 495 g/mol. The van der Waals surface area contributed by atoms with Crippen molar-refractivity contribution in [3.63, 3.8) is 0 Å². The number of para-hydroxylation sites is 2. The average Bonchev–Trinajstić information content (AvgIpc) is 3.32. The number of carbonyl (C=O) groups excluding carboxylic acids is 1. The Labute approximate surface area is 211 Å². The quantitative estimate of drug-likeness (QED) is 0.341. The topological polar surface area (TPSA) is 105 Å². The fourth-order valence-corrected chi connectivity index (χ4v) is 4.86. The Balaban J connectivity index is 1.55. The smallest absolute Gasteiger partial charge is 0.267 e. The van der Waals surface area contributed by atoms with Gasteiger partial charge in [0.2, 0.25) is 11.7 Å². The molecule has 5 aromatic rings. The minimum absolute atomic E-state index is 0.0941. The molecule has 0 atom stereocenters. The molecule has 1 amide bonds. The van der Waals surface area contributed by atoms with Crippen molar-refractivity contribution in [2.75, 3.05) is 11.1 Å². The Morgan fingerprint density at radius 3 is 2.50 bits per heavy atom. The summed E-state index contributed by atoms with van der Waals surface area (Å²) in [6.45, 7) is 4.17. The standard InChI is InChI=1S/C27H22N6O2S/c1-17(2)20-7-3-5-9-22(20)32-25(35)21-8-4-6-10-23(21)33-26(32)30-31-27(33)36-16-24(34)29-19-13-11-18(15-28)12-14-19/h3-14,17H,16H2,1-2H3,(H,29,34). The minimum Gasteiger partial charge on any atom is -0.325 e. The van der Waals surface area contributed by atoms with Crippen LogP contribution in [0.3, 0.4) is 0 Å². The first kappa shape index (κ1) is 23.3. The minimum atomic E-state index is -0.218. The zero-order valence-electron chi connectivity index (χ0n) is 19.7. The van der Waals surface area contributed by atoms with Crippen LogP contribution in [0.5, 0.6) is 0 Å². The molecule has 0 radical (unpaired) electrons. The molecule has 0 saturated heterocycles. The Bertz CT molecular complexity index is 1700. The third-order valence-electron chi connectivity index (χ3n) is 5.82. The van der Waals surface area contributed by atoms with Crippen LogP contribution in [0.25, 0.3) is 22.4 Å². The summed E-state index contributed by atoms with van der Waals surface area (Å²) in [5, 5.41) is 21.5. The first-order valence-electron chi connectivity index (χ1n) is 11.4. The molecule has 2 heterocycles. The monoisotopic (exact) mass is 494 g/mol. The largest absolute Gasteiger partial charge is 0.325 e. The Hall–Kier alpha value is -4.42. The van der Waals surface area contributed by atoms with E-state index in [4.69, 9.17) is 5.26 Å². The third-order valence-corrected chi connectivity index (χ3v) is 6.75. The van der Waals surface area contributed by atoms with Crippen molar-refractivity contribution in [1.82, 2.24) is 19.2 Å². The van der Waals surface area contributed by atoms with Crippen LogP contribution in [0.15, 0.2) is 82.7 Å². The van der Waals surface area contributed by atoms with Crippen LogP contribution < -0.4 is 10.9 Å². The molecule has 0 aliphatic rings. The summed E-state index contributed by atoms with van der Waals surface area (Å²) in [5.41, 5.74) is 3.42. The maximum atomic E-state index is 13.6. The van der Waals surface area contributed by atoms with Crippen molar-refractivity contribution in [2.45, 2.75) is 24.9 Å². The number of carbonyl (C=O) groups is 1. The van der Waals surface area contributed by atoms with Crippen molar-refractivity contribution < 1.29 is 4.79 Å². The second kappa shape index (κ2) is 9.68. The molecule has 9 heteroatoms. The van der Waals surface area contributed by atoms with E-state index in [-0.39, 0.29) is 23.1 Å². The molecule has 1 N–H and O–H groups in total. The molecule has 0 fully saturated rings. The van der Waals surface area contributed by atoms with Crippen molar-refractivity contribution in [3.8, 4) is 11.8 Å². The van der Waals surface area contributed by atoms with Crippen LogP contribution in [0.4, 0.5) is 5.69 Å². The zero-order valence-corrected chi connectivity index (χ0v) is 20.5. The van der Waals surface area contributed by atoms with Gasteiger partial charge in [0.25, 0.3) is 5.56 Å². The lowest BCUT2D eigenvalue weighted by atomic mass is 10.0. The van der Waals surface area contributed by atoms with Crippen LogP contribution >= 0.6 is 11.8 Å². The molecule has 0 saturated carbocycles. The van der Waals surface area contributed by atoms with E-state index in [1.165, 1.54) is 11.8 Å². The van der Waals surface area contributed by atoms with Crippen LogP contribution in [0.1, 0.15) is 30.9 Å². The first-order chi connectivity index (χ1) is 17.5. The van der Waals surface area contributed by atoms with E-state index in [1.807, 2.05) is 46.9 Å². The molecule has 5 rings (SSSR count). The van der Waals surface area contributed by atoms with Gasteiger partial charge in [-0.3, -0.25) is 14.0 Å². The number of hydrogen-bond acceptors (Lipinski definition) is 6. The summed E-state index contributed by atoms with van der Waals surface area (Å²) in [4.78, 5) is 26.2. The molecule has 0 spiro atoms.